The Morgan fingerprint density at radius 1 is 0.161 bits per heavy atom. The fraction of sp³-hybridized carbons (Fsp3) is 0. The number of thiophene rings is 3. The average molecular weight is 1810 g/mol. The minimum Gasteiger partial charge on any atom is -0.264 e. The molecule has 27 rings (SSSR count). The lowest BCUT2D eigenvalue weighted by Crippen LogP contribution is -1.97. The van der Waals surface area contributed by atoms with Crippen LogP contribution in [0.2, 0.25) is 0 Å². The molecule has 0 unspecified atom stereocenters. The van der Waals surface area contributed by atoms with Gasteiger partial charge in [-0.05, 0) is 93.3 Å². The highest BCUT2D eigenvalue weighted by atomic mass is 32.1. The van der Waals surface area contributed by atoms with Crippen molar-refractivity contribution < 1.29 is 0 Å². The second kappa shape index (κ2) is 35.1. The molecule has 13 nitrogen and oxygen atoms in total. The van der Waals surface area contributed by atoms with Gasteiger partial charge in [0, 0.05) is 126 Å². The van der Waals surface area contributed by atoms with Crippen LogP contribution < -0.4 is 0 Å². The molecule has 10 heterocycles. The number of pyridine rings is 1. The molecule has 0 N–H and O–H groups in total. The number of aromatic nitrogens is 13. The van der Waals surface area contributed by atoms with Gasteiger partial charge in [-0.2, -0.15) is 0 Å². The van der Waals surface area contributed by atoms with Crippen LogP contribution in [0.5, 0.6) is 0 Å². The van der Waals surface area contributed by atoms with Crippen LogP contribution in [0.4, 0.5) is 0 Å². The maximum atomic E-state index is 5.28. The van der Waals surface area contributed by atoms with Gasteiger partial charge in [0.2, 0.25) is 0 Å². The van der Waals surface area contributed by atoms with Crippen LogP contribution in [0, 0.1) is 0 Å². The Labute approximate surface area is 798 Å². The maximum Gasteiger partial charge on any atom is 0.160 e. The molecule has 0 atom stereocenters. The quantitative estimate of drug-likeness (QED) is 0.100. The van der Waals surface area contributed by atoms with Crippen LogP contribution in [-0.4, -0.2) is 64.8 Å². The largest absolute Gasteiger partial charge is 0.264 e. The van der Waals surface area contributed by atoms with E-state index >= 15 is 0 Å². The fourth-order valence-corrected chi connectivity index (χ4v) is 21.8. The van der Waals surface area contributed by atoms with Gasteiger partial charge in [-0.3, -0.25) is 4.98 Å². The van der Waals surface area contributed by atoms with Crippen LogP contribution in [0.1, 0.15) is 0 Å². The van der Waals surface area contributed by atoms with E-state index < -0.39 is 0 Å². The summed E-state index contributed by atoms with van der Waals surface area (Å²) in [6.07, 6.45) is 3.61. The number of benzene rings is 17. The molecule has 137 heavy (non-hydrogen) atoms. The lowest BCUT2D eigenvalue weighted by Gasteiger charge is -2.14. The second-order valence-electron chi connectivity index (χ2n) is 33.5. The van der Waals surface area contributed by atoms with Crippen LogP contribution in [-0.2, 0) is 0 Å². The molecule has 0 saturated carbocycles. The van der Waals surface area contributed by atoms with Gasteiger partial charge in [-0.1, -0.05) is 370 Å². The molecule has 27 aromatic rings. The summed E-state index contributed by atoms with van der Waals surface area (Å²) in [5.74, 6) is 4.12. The van der Waals surface area contributed by atoms with Crippen molar-refractivity contribution in [1.29, 1.82) is 0 Å². The zero-order valence-electron chi connectivity index (χ0n) is 73.2. The van der Waals surface area contributed by atoms with Crippen molar-refractivity contribution in [1.82, 2.24) is 64.8 Å². The van der Waals surface area contributed by atoms with Crippen molar-refractivity contribution in [2.45, 2.75) is 0 Å². The number of rotatable bonds is 13. The Bertz CT molecular complexity index is 9330. The average Bonchev–Trinajstić information content (AvgIpc) is 1.36. The zero-order chi connectivity index (χ0) is 90.6. The minimum absolute atomic E-state index is 0.666. The third kappa shape index (κ3) is 15.4. The SMILES string of the molecule is c1ccc(-c2cccc(-c3nc(-c4ccc(-c5nc(-c6ccccc6)c6sc7ccccc7c6n5)cc4)nc4ccccc34)c2)cc1.c1ccc(-c2nc(-c3ccc(-c4nc(-c5cc6ccccc6c6ccccc56)c5ccccc5n4)cc3)nc3c2sc2ccccc23)cc1.c1ccc(-c2nc(-c3ccc(-c4nc(-c5cccnc5)c5ccccc5n4)cc3)nc3c2sc2ccccc23)cc1. The molecule has 0 bridgehead atoms. The number of fused-ring (bicyclic) bond motifs is 15. The van der Waals surface area contributed by atoms with Crippen LogP contribution in [0.3, 0.4) is 0 Å². The van der Waals surface area contributed by atoms with Gasteiger partial charge in [-0.15, -0.1) is 34.0 Å². The van der Waals surface area contributed by atoms with Gasteiger partial charge in [0.25, 0.3) is 0 Å². The highest BCUT2D eigenvalue weighted by molar-refractivity contribution is 7.27. The van der Waals surface area contributed by atoms with Crippen molar-refractivity contribution in [3.8, 4) is 147 Å². The maximum absolute atomic E-state index is 5.28. The number of nitrogens with zero attached hydrogens (tertiary/aromatic N) is 13. The third-order valence-corrected chi connectivity index (χ3v) is 28.5. The van der Waals surface area contributed by atoms with Crippen molar-refractivity contribution in [3.63, 3.8) is 0 Å². The van der Waals surface area contributed by atoms with E-state index in [0.717, 1.165) is 186 Å². The molecular weight excluding hydrogens is 1730 g/mol. The molecule has 640 valence electrons. The molecule has 10 aromatic heterocycles. The summed E-state index contributed by atoms with van der Waals surface area (Å²) in [4.78, 5) is 65.4. The fourth-order valence-electron chi connectivity index (χ4n) is 18.3. The minimum atomic E-state index is 0.666. The summed E-state index contributed by atoms with van der Waals surface area (Å²) < 4.78 is 6.93. The van der Waals surface area contributed by atoms with Crippen molar-refractivity contribution in [3.05, 3.63) is 443 Å². The molecule has 0 aliphatic carbocycles. The summed E-state index contributed by atoms with van der Waals surface area (Å²) in [7, 11) is 0. The first-order valence-corrected chi connectivity index (χ1v) is 47.7. The molecule has 0 saturated heterocycles. The van der Waals surface area contributed by atoms with E-state index in [1.54, 1.807) is 40.2 Å². The van der Waals surface area contributed by atoms with E-state index in [9.17, 15) is 0 Å². The van der Waals surface area contributed by atoms with Crippen molar-refractivity contribution in [2.24, 2.45) is 0 Å². The van der Waals surface area contributed by atoms with Crippen LogP contribution in [0.15, 0.2) is 443 Å². The number of hydrogen-bond acceptors (Lipinski definition) is 16. The molecule has 0 spiro atoms. The summed E-state index contributed by atoms with van der Waals surface area (Å²) in [6.45, 7) is 0. The van der Waals surface area contributed by atoms with Gasteiger partial charge in [0.05, 0.1) is 81.4 Å². The molecule has 0 fully saturated rings. The molecule has 0 aliphatic heterocycles. The van der Waals surface area contributed by atoms with Crippen molar-refractivity contribution in [2.75, 3.05) is 0 Å². The van der Waals surface area contributed by atoms with E-state index in [4.69, 9.17) is 59.8 Å². The molecule has 0 radical (unpaired) electrons. The predicted octanol–water partition coefficient (Wildman–Crippen LogP) is 31.7. The van der Waals surface area contributed by atoms with Gasteiger partial charge >= 0.3 is 0 Å². The Balaban J connectivity index is 0.000000110. The van der Waals surface area contributed by atoms with Crippen LogP contribution >= 0.6 is 34.0 Å². The molecule has 0 amide bonds. The standard InChI is InChI=1S/C44H26N4S.C42H26N4S.C35H21N5S/c1-2-12-27(13-3-1)39-42-41(35-19-9-11-21-38(35)49-42)48-44(46-39)29-24-22-28(23-25-29)43-45-37-20-10-8-18-34(37)40(47-43)36-26-30-14-4-5-15-31(30)32-16-6-7-17-33(32)36;1-3-12-27(13-4-1)31-16-11-17-32(26-31)37-33-18-7-9-20-35(33)43-41(44-37)29-22-24-30(25-23-29)42-45-38(28-14-5-2-6-15-28)40-39(46-42)34-19-8-10-21-36(34)47-40;1-2-9-22(10-3-1)31-33-32(27-13-5-7-15-29(27)41-33)40-35(39-31)24-18-16-23(17-19-24)34-37-28-14-6-4-12-26(28)30(38-34)25-11-8-20-36-21-25/h1-26H;1-26H;1-21H. The number of hydrogen-bond donors (Lipinski definition) is 0. The second-order valence-corrected chi connectivity index (χ2v) is 36.6. The van der Waals surface area contributed by atoms with E-state index in [-0.39, 0.29) is 0 Å². The Hall–Kier alpha value is -17.7. The third-order valence-electron chi connectivity index (χ3n) is 25.0. The summed E-state index contributed by atoms with van der Waals surface area (Å²) in [6, 6.07) is 148. The molecular formula is C121H73N13S3. The lowest BCUT2D eigenvalue weighted by molar-refractivity contribution is 1.21. The Morgan fingerprint density at radius 3 is 0.854 bits per heavy atom. The molecule has 17 aromatic carbocycles. The van der Waals surface area contributed by atoms with E-state index in [2.05, 4.69) is 339 Å². The van der Waals surface area contributed by atoms with Crippen LogP contribution in [0.25, 0.3) is 262 Å². The normalized spacial score (nSPS) is 11.5. The molecule has 0 aliphatic rings. The summed E-state index contributed by atoms with van der Waals surface area (Å²) in [5, 5.41) is 11.3. The van der Waals surface area contributed by atoms with Gasteiger partial charge in [0.1, 0.15) is 0 Å². The summed E-state index contributed by atoms with van der Waals surface area (Å²) >= 11 is 5.23. The monoisotopic (exact) mass is 1800 g/mol. The number of para-hydroxylation sites is 3. The Morgan fingerprint density at radius 2 is 0.453 bits per heavy atom. The van der Waals surface area contributed by atoms with Crippen molar-refractivity contribution >= 4 is 149 Å². The highest BCUT2D eigenvalue weighted by Gasteiger charge is 2.25. The topological polar surface area (TPSA) is 168 Å². The Kier molecular flexibility index (Phi) is 20.9. The summed E-state index contributed by atoms with van der Waals surface area (Å²) in [5.41, 5.74) is 25.6. The van der Waals surface area contributed by atoms with E-state index in [0.29, 0.717) is 34.9 Å². The highest BCUT2D eigenvalue weighted by Crippen LogP contribution is 2.46. The van der Waals surface area contributed by atoms with E-state index in [1.807, 2.05) is 103 Å². The first-order valence-electron chi connectivity index (χ1n) is 45.2. The molecule has 16 heteroatoms. The zero-order valence-corrected chi connectivity index (χ0v) is 75.6. The van der Waals surface area contributed by atoms with Gasteiger partial charge in [0.15, 0.2) is 34.9 Å². The first kappa shape index (κ1) is 81.3. The van der Waals surface area contributed by atoms with Gasteiger partial charge < -0.3 is 0 Å². The van der Waals surface area contributed by atoms with E-state index in [1.165, 1.54) is 41.2 Å². The van der Waals surface area contributed by atoms with Gasteiger partial charge in [-0.25, -0.2) is 59.8 Å². The lowest BCUT2D eigenvalue weighted by atomic mass is 9.94. The first-order chi connectivity index (χ1) is 67.9. The predicted molar refractivity (Wildman–Crippen MR) is 568 cm³/mol. The smallest absolute Gasteiger partial charge is 0.160 e.